The van der Waals surface area contributed by atoms with Crippen LogP contribution in [-0.2, 0) is 14.8 Å². The molecule has 0 N–H and O–H groups in total. The predicted octanol–water partition coefficient (Wildman–Crippen LogP) is 2.84. The summed E-state index contributed by atoms with van der Waals surface area (Å²) in [4.78, 5) is 13.9. The zero-order valence-corrected chi connectivity index (χ0v) is 16.0. The Bertz CT molecular complexity index is 660. The lowest BCUT2D eigenvalue weighted by Gasteiger charge is -2.18. The first kappa shape index (κ1) is 20.4. The number of carbonyl (C=O) groups excluding carboxylic acids is 1. The molecule has 5 nitrogen and oxygen atoms in total. The van der Waals surface area contributed by atoms with E-state index in [0.29, 0.717) is 25.6 Å². The fourth-order valence-electron chi connectivity index (χ4n) is 2.40. The Hall–Kier alpha value is -1.66. The molecule has 0 bridgehead atoms. The van der Waals surface area contributed by atoms with Gasteiger partial charge in [-0.05, 0) is 29.7 Å². The van der Waals surface area contributed by atoms with Crippen molar-refractivity contribution in [3.05, 3.63) is 35.9 Å². The molecular weight excluding hydrogens is 324 g/mol. The standard InChI is InChI=1S/C18H28N2O3S/c1-6-20(7-2)24(22,23)17-11-8-16(9-12-17)10-13-18(21)19(5)14-15(3)4/h8-13,15H,6-7,14H2,1-5H3/b13-10+. The van der Waals surface area contributed by atoms with Crippen LogP contribution >= 0.6 is 0 Å². The van der Waals surface area contributed by atoms with Crippen LogP contribution in [0.5, 0.6) is 0 Å². The summed E-state index contributed by atoms with van der Waals surface area (Å²) in [5.74, 6) is 0.348. The molecule has 1 amide bonds. The third-order valence-electron chi connectivity index (χ3n) is 3.66. The highest BCUT2D eigenvalue weighted by Gasteiger charge is 2.20. The molecule has 0 unspecified atom stereocenters. The fraction of sp³-hybridized carbons (Fsp3) is 0.500. The monoisotopic (exact) mass is 352 g/mol. The Labute approximate surface area is 146 Å². The zero-order chi connectivity index (χ0) is 18.3. The Morgan fingerprint density at radius 1 is 1.12 bits per heavy atom. The lowest BCUT2D eigenvalue weighted by molar-refractivity contribution is -0.125. The van der Waals surface area contributed by atoms with Crippen LogP contribution in [0.15, 0.2) is 35.2 Å². The average molecular weight is 353 g/mol. The van der Waals surface area contributed by atoms with E-state index in [1.54, 1.807) is 42.3 Å². The van der Waals surface area contributed by atoms with Gasteiger partial charge in [0.05, 0.1) is 4.90 Å². The summed E-state index contributed by atoms with van der Waals surface area (Å²) in [5, 5.41) is 0. The van der Waals surface area contributed by atoms with Crippen molar-refractivity contribution in [3.8, 4) is 0 Å². The van der Waals surface area contributed by atoms with Crippen molar-refractivity contribution >= 4 is 22.0 Å². The first-order valence-electron chi connectivity index (χ1n) is 8.25. The van der Waals surface area contributed by atoms with Crippen LogP contribution in [-0.4, -0.2) is 50.2 Å². The molecule has 134 valence electrons. The zero-order valence-electron chi connectivity index (χ0n) is 15.2. The van der Waals surface area contributed by atoms with E-state index in [0.717, 1.165) is 5.56 Å². The van der Waals surface area contributed by atoms with Crippen LogP contribution in [0.1, 0.15) is 33.3 Å². The maximum absolute atomic E-state index is 12.4. The molecule has 0 atom stereocenters. The highest BCUT2D eigenvalue weighted by Crippen LogP contribution is 2.16. The highest BCUT2D eigenvalue weighted by atomic mass is 32.2. The Morgan fingerprint density at radius 2 is 1.67 bits per heavy atom. The molecule has 0 saturated carbocycles. The summed E-state index contributed by atoms with van der Waals surface area (Å²) >= 11 is 0. The highest BCUT2D eigenvalue weighted by molar-refractivity contribution is 7.89. The number of amides is 1. The third-order valence-corrected chi connectivity index (χ3v) is 5.72. The number of hydrogen-bond acceptors (Lipinski definition) is 3. The van der Waals surface area contributed by atoms with Crippen LogP contribution in [0.3, 0.4) is 0 Å². The van der Waals surface area contributed by atoms with Gasteiger partial charge in [-0.3, -0.25) is 4.79 Å². The summed E-state index contributed by atoms with van der Waals surface area (Å²) in [6.07, 6.45) is 3.21. The van der Waals surface area contributed by atoms with Gasteiger partial charge in [-0.2, -0.15) is 4.31 Å². The number of rotatable bonds is 8. The van der Waals surface area contributed by atoms with Gasteiger partial charge in [0.25, 0.3) is 0 Å². The van der Waals surface area contributed by atoms with Gasteiger partial charge >= 0.3 is 0 Å². The van der Waals surface area contributed by atoms with Crippen LogP contribution in [0.2, 0.25) is 0 Å². The van der Waals surface area contributed by atoms with Crippen molar-refractivity contribution in [1.82, 2.24) is 9.21 Å². The lowest BCUT2D eigenvalue weighted by atomic mass is 10.2. The Morgan fingerprint density at radius 3 is 2.12 bits per heavy atom. The summed E-state index contributed by atoms with van der Waals surface area (Å²) in [6.45, 7) is 9.33. The van der Waals surface area contributed by atoms with Crippen LogP contribution in [0.25, 0.3) is 6.08 Å². The normalized spacial score (nSPS) is 12.3. The number of sulfonamides is 1. The van der Waals surface area contributed by atoms with Gasteiger partial charge < -0.3 is 4.90 Å². The molecule has 0 aromatic heterocycles. The molecule has 0 heterocycles. The number of nitrogens with zero attached hydrogens (tertiary/aromatic N) is 2. The molecule has 1 aromatic carbocycles. The smallest absolute Gasteiger partial charge is 0.246 e. The van der Waals surface area contributed by atoms with Gasteiger partial charge in [0.1, 0.15) is 0 Å². The van der Waals surface area contributed by atoms with Gasteiger partial charge in [-0.1, -0.05) is 39.8 Å². The van der Waals surface area contributed by atoms with Crippen LogP contribution in [0.4, 0.5) is 0 Å². The van der Waals surface area contributed by atoms with E-state index in [1.807, 2.05) is 13.8 Å². The number of benzene rings is 1. The minimum Gasteiger partial charge on any atom is -0.342 e. The lowest BCUT2D eigenvalue weighted by Crippen LogP contribution is -2.30. The van der Waals surface area contributed by atoms with Gasteiger partial charge in [0, 0.05) is 32.8 Å². The largest absolute Gasteiger partial charge is 0.342 e. The van der Waals surface area contributed by atoms with Gasteiger partial charge in [-0.15, -0.1) is 0 Å². The number of carbonyl (C=O) groups is 1. The molecule has 6 heteroatoms. The predicted molar refractivity (Wildman–Crippen MR) is 98.1 cm³/mol. The second kappa shape index (κ2) is 8.99. The van der Waals surface area contributed by atoms with E-state index >= 15 is 0 Å². The van der Waals surface area contributed by atoms with Crippen molar-refractivity contribution in [3.63, 3.8) is 0 Å². The van der Waals surface area contributed by atoms with Gasteiger partial charge in [0.2, 0.25) is 15.9 Å². The summed E-state index contributed by atoms with van der Waals surface area (Å²) in [6, 6.07) is 6.58. The molecule has 0 radical (unpaired) electrons. The molecule has 0 aliphatic rings. The van der Waals surface area contributed by atoms with E-state index in [1.165, 1.54) is 10.4 Å². The number of likely N-dealkylation sites (N-methyl/N-ethyl adjacent to an activating group) is 1. The molecule has 0 aliphatic heterocycles. The molecule has 1 aromatic rings. The quantitative estimate of drug-likeness (QED) is 0.676. The summed E-state index contributed by atoms with van der Waals surface area (Å²) < 4.78 is 26.2. The molecule has 1 rings (SSSR count). The Kier molecular flexibility index (Phi) is 7.63. The Balaban J connectivity index is 2.85. The van der Waals surface area contributed by atoms with Crippen LogP contribution < -0.4 is 0 Å². The molecule has 0 aliphatic carbocycles. The van der Waals surface area contributed by atoms with E-state index < -0.39 is 10.0 Å². The van der Waals surface area contributed by atoms with Crippen molar-refractivity contribution in [2.75, 3.05) is 26.7 Å². The van der Waals surface area contributed by atoms with Crippen molar-refractivity contribution in [2.24, 2.45) is 5.92 Å². The third kappa shape index (κ3) is 5.46. The molecule has 0 fully saturated rings. The topological polar surface area (TPSA) is 57.7 Å². The van der Waals surface area contributed by atoms with Gasteiger partial charge in [0.15, 0.2) is 0 Å². The van der Waals surface area contributed by atoms with Crippen molar-refractivity contribution < 1.29 is 13.2 Å². The van der Waals surface area contributed by atoms with E-state index in [2.05, 4.69) is 13.8 Å². The van der Waals surface area contributed by atoms with E-state index in [9.17, 15) is 13.2 Å². The van der Waals surface area contributed by atoms with E-state index in [-0.39, 0.29) is 10.8 Å². The van der Waals surface area contributed by atoms with E-state index in [4.69, 9.17) is 0 Å². The fourth-order valence-corrected chi connectivity index (χ4v) is 3.85. The molecule has 0 spiro atoms. The second-order valence-corrected chi connectivity index (χ2v) is 8.04. The van der Waals surface area contributed by atoms with Crippen LogP contribution in [0, 0.1) is 5.92 Å². The average Bonchev–Trinajstić information content (AvgIpc) is 2.53. The SMILES string of the molecule is CCN(CC)S(=O)(=O)c1ccc(/C=C/C(=O)N(C)CC(C)C)cc1. The minimum absolute atomic E-state index is 0.0662. The summed E-state index contributed by atoms with van der Waals surface area (Å²) in [7, 11) is -1.67. The molecule has 0 saturated heterocycles. The van der Waals surface area contributed by atoms with Crippen molar-refractivity contribution in [1.29, 1.82) is 0 Å². The van der Waals surface area contributed by atoms with Gasteiger partial charge in [-0.25, -0.2) is 8.42 Å². The first-order valence-corrected chi connectivity index (χ1v) is 9.69. The summed E-state index contributed by atoms with van der Waals surface area (Å²) in [5.41, 5.74) is 0.791. The minimum atomic E-state index is -3.44. The van der Waals surface area contributed by atoms with Crippen molar-refractivity contribution in [2.45, 2.75) is 32.6 Å². The second-order valence-electron chi connectivity index (χ2n) is 6.10. The maximum atomic E-state index is 12.4. The molecule has 24 heavy (non-hydrogen) atoms. The molecular formula is C18H28N2O3S. The first-order chi connectivity index (χ1) is 11.2. The maximum Gasteiger partial charge on any atom is 0.246 e. The number of hydrogen-bond donors (Lipinski definition) is 0.